The lowest BCUT2D eigenvalue weighted by atomic mass is 10.2. The number of H-pyrrole nitrogens is 1. The van der Waals surface area contributed by atoms with Crippen LogP contribution in [0.25, 0.3) is 17.1 Å². The van der Waals surface area contributed by atoms with Gasteiger partial charge in [0.15, 0.2) is 17.8 Å². The molecular formula is C18H14N6O6. The summed E-state index contributed by atoms with van der Waals surface area (Å²) in [5.74, 6) is -1.75. The molecule has 12 heteroatoms. The Bertz CT molecular complexity index is 1300. The van der Waals surface area contributed by atoms with Crippen LogP contribution in [0.15, 0.2) is 47.8 Å². The molecule has 0 saturated heterocycles. The van der Waals surface area contributed by atoms with Crippen molar-refractivity contribution in [3.8, 4) is 11.7 Å². The number of benzene rings is 1. The minimum atomic E-state index is -1.15. The number of fused-ring (bicyclic) bond motifs is 1. The van der Waals surface area contributed by atoms with Gasteiger partial charge in [0.05, 0.1) is 18.1 Å². The molecule has 0 saturated carbocycles. The molecule has 3 heterocycles. The number of rotatable bonds is 7. The highest BCUT2D eigenvalue weighted by Crippen LogP contribution is 2.15. The first-order valence-corrected chi connectivity index (χ1v) is 8.58. The molecule has 0 radical (unpaired) electrons. The van der Waals surface area contributed by atoms with E-state index in [1.165, 1.54) is 12.5 Å². The van der Waals surface area contributed by atoms with Gasteiger partial charge in [-0.1, -0.05) is 12.1 Å². The average Bonchev–Trinajstić information content (AvgIpc) is 3.35. The summed E-state index contributed by atoms with van der Waals surface area (Å²) in [7, 11) is 0. The van der Waals surface area contributed by atoms with Crippen molar-refractivity contribution in [2.24, 2.45) is 0 Å². The molecule has 12 nitrogen and oxygen atoms in total. The van der Waals surface area contributed by atoms with Gasteiger partial charge >= 0.3 is 11.9 Å². The second-order valence-corrected chi connectivity index (χ2v) is 6.24. The van der Waals surface area contributed by atoms with E-state index in [1.54, 1.807) is 28.8 Å². The third kappa shape index (κ3) is 3.73. The number of carboxylic acids is 2. The fourth-order valence-corrected chi connectivity index (χ4v) is 2.78. The first kappa shape index (κ1) is 18.9. The van der Waals surface area contributed by atoms with Crippen molar-refractivity contribution in [3.05, 3.63) is 64.5 Å². The van der Waals surface area contributed by atoms with Crippen LogP contribution >= 0.6 is 0 Å². The number of nitrogens with zero attached hydrogens (tertiary/aromatic N) is 5. The fourth-order valence-electron chi connectivity index (χ4n) is 2.78. The lowest BCUT2D eigenvalue weighted by Gasteiger charge is -2.07. The number of carboxylic acid groups (broad SMARTS) is 2. The summed E-state index contributed by atoms with van der Waals surface area (Å²) in [6, 6.07) is 6.76. The summed E-state index contributed by atoms with van der Waals surface area (Å²) < 4.78 is 7.86. The number of aromatic nitrogens is 6. The van der Waals surface area contributed by atoms with E-state index < -0.39 is 24.1 Å². The monoisotopic (exact) mass is 410 g/mol. The zero-order valence-corrected chi connectivity index (χ0v) is 15.2. The van der Waals surface area contributed by atoms with Crippen molar-refractivity contribution in [2.75, 3.05) is 6.61 Å². The van der Waals surface area contributed by atoms with Gasteiger partial charge in [-0.3, -0.25) is 9.78 Å². The van der Waals surface area contributed by atoms with Gasteiger partial charge < -0.3 is 19.5 Å². The molecule has 0 bridgehead atoms. The molecule has 0 fully saturated rings. The van der Waals surface area contributed by atoms with Crippen LogP contribution in [0.5, 0.6) is 5.75 Å². The van der Waals surface area contributed by atoms with Gasteiger partial charge in [0, 0.05) is 12.7 Å². The van der Waals surface area contributed by atoms with Crippen molar-refractivity contribution in [1.29, 1.82) is 0 Å². The maximum atomic E-state index is 12.6. The number of aliphatic carboxylic acids is 1. The summed E-state index contributed by atoms with van der Waals surface area (Å²) in [5, 5.41) is 21.5. The number of ether oxygens (including phenoxy) is 1. The Hall–Kier alpha value is -4.48. The van der Waals surface area contributed by atoms with Gasteiger partial charge in [-0.2, -0.15) is 10.1 Å². The number of aromatic carboxylic acids is 1. The van der Waals surface area contributed by atoms with E-state index in [0.29, 0.717) is 12.3 Å². The highest BCUT2D eigenvalue weighted by atomic mass is 16.5. The molecule has 0 atom stereocenters. The van der Waals surface area contributed by atoms with Crippen LogP contribution in [-0.4, -0.2) is 58.1 Å². The van der Waals surface area contributed by atoms with Gasteiger partial charge in [-0.15, -0.1) is 0 Å². The summed E-state index contributed by atoms with van der Waals surface area (Å²) in [6.07, 6.45) is 3.85. The second-order valence-electron chi connectivity index (χ2n) is 6.24. The predicted molar refractivity (Wildman–Crippen MR) is 101 cm³/mol. The lowest BCUT2D eigenvalue weighted by molar-refractivity contribution is -0.139. The van der Waals surface area contributed by atoms with Crippen molar-refractivity contribution in [3.63, 3.8) is 0 Å². The summed E-state index contributed by atoms with van der Waals surface area (Å²) in [6.45, 7) is -0.107. The Morgan fingerprint density at radius 3 is 2.60 bits per heavy atom. The smallest absolute Gasteiger partial charge is 0.341 e. The van der Waals surface area contributed by atoms with E-state index in [0.717, 1.165) is 16.4 Å². The van der Waals surface area contributed by atoms with Crippen LogP contribution in [-0.2, 0) is 11.3 Å². The Balaban J connectivity index is 1.59. The van der Waals surface area contributed by atoms with Crippen molar-refractivity contribution in [2.45, 2.75) is 6.54 Å². The van der Waals surface area contributed by atoms with Crippen LogP contribution in [0.2, 0.25) is 0 Å². The SMILES string of the molecule is O=C(O)COc1ccc(Cn2cnc3nc(-n4cc(C(=O)O)cn4)[nH]c(=O)c32)cc1. The minimum Gasteiger partial charge on any atom is -0.482 e. The maximum absolute atomic E-state index is 12.6. The third-order valence-electron chi connectivity index (χ3n) is 4.16. The van der Waals surface area contributed by atoms with Gasteiger partial charge in [0.1, 0.15) is 5.75 Å². The molecule has 0 unspecified atom stereocenters. The number of carbonyl (C=O) groups is 2. The second kappa shape index (κ2) is 7.50. The number of hydrogen-bond donors (Lipinski definition) is 3. The number of hydrogen-bond acceptors (Lipinski definition) is 7. The molecule has 0 aliphatic carbocycles. The molecule has 0 spiro atoms. The summed E-state index contributed by atoms with van der Waals surface area (Å²) >= 11 is 0. The normalized spacial score (nSPS) is 10.9. The highest BCUT2D eigenvalue weighted by Gasteiger charge is 2.14. The largest absolute Gasteiger partial charge is 0.482 e. The van der Waals surface area contributed by atoms with E-state index in [-0.39, 0.29) is 22.7 Å². The lowest BCUT2D eigenvalue weighted by Crippen LogP contribution is -2.16. The van der Waals surface area contributed by atoms with Gasteiger partial charge in [0.2, 0.25) is 5.95 Å². The maximum Gasteiger partial charge on any atom is 0.341 e. The zero-order chi connectivity index (χ0) is 21.3. The Morgan fingerprint density at radius 1 is 1.17 bits per heavy atom. The Labute approximate surface area is 167 Å². The Kier molecular flexibility index (Phi) is 4.72. The number of nitrogens with one attached hydrogen (secondary N) is 1. The average molecular weight is 410 g/mol. The standard InChI is InChI=1S/C18H14N6O6/c25-13(26)8-30-12-3-1-10(2-4-12)6-23-9-19-15-14(23)16(27)22-18(21-15)24-7-11(5-20-24)17(28)29/h1-5,7,9H,6,8H2,(H,25,26)(H,28,29)(H,21,22,27). The van der Waals surface area contributed by atoms with E-state index in [9.17, 15) is 14.4 Å². The Morgan fingerprint density at radius 2 is 1.93 bits per heavy atom. The summed E-state index contributed by atoms with van der Waals surface area (Å²) in [4.78, 5) is 45.1. The number of aromatic amines is 1. The molecule has 4 aromatic rings. The van der Waals surface area contributed by atoms with Gasteiger partial charge in [-0.25, -0.2) is 19.3 Å². The molecule has 0 aliphatic heterocycles. The van der Waals surface area contributed by atoms with E-state index >= 15 is 0 Å². The van der Waals surface area contributed by atoms with Crippen LogP contribution in [0.4, 0.5) is 0 Å². The van der Waals surface area contributed by atoms with E-state index in [2.05, 4.69) is 20.1 Å². The molecule has 4 rings (SSSR count). The zero-order valence-electron chi connectivity index (χ0n) is 15.2. The molecule has 1 aromatic carbocycles. The highest BCUT2D eigenvalue weighted by molar-refractivity contribution is 5.86. The molecule has 0 amide bonds. The predicted octanol–water partition coefficient (Wildman–Crippen LogP) is 0.515. The first-order chi connectivity index (χ1) is 14.4. The van der Waals surface area contributed by atoms with E-state index in [4.69, 9.17) is 14.9 Å². The van der Waals surface area contributed by atoms with Crippen molar-refractivity contribution >= 4 is 23.1 Å². The molecule has 0 aliphatic rings. The molecule has 3 aromatic heterocycles. The minimum absolute atomic E-state index is 0.0425. The molecule has 152 valence electrons. The first-order valence-electron chi connectivity index (χ1n) is 8.58. The van der Waals surface area contributed by atoms with E-state index in [1.807, 2.05) is 0 Å². The third-order valence-corrected chi connectivity index (χ3v) is 4.16. The quantitative estimate of drug-likeness (QED) is 0.393. The van der Waals surface area contributed by atoms with Crippen LogP contribution < -0.4 is 10.3 Å². The van der Waals surface area contributed by atoms with Crippen LogP contribution in [0.1, 0.15) is 15.9 Å². The van der Waals surface area contributed by atoms with Crippen molar-refractivity contribution < 1.29 is 24.5 Å². The summed E-state index contributed by atoms with van der Waals surface area (Å²) in [5.41, 5.74) is 0.761. The van der Waals surface area contributed by atoms with Crippen molar-refractivity contribution in [1.82, 2.24) is 29.3 Å². The topological polar surface area (TPSA) is 165 Å². The van der Waals surface area contributed by atoms with Crippen LogP contribution in [0, 0.1) is 0 Å². The molecular weight excluding hydrogens is 396 g/mol. The van der Waals surface area contributed by atoms with Gasteiger partial charge in [0.25, 0.3) is 5.56 Å². The molecule has 30 heavy (non-hydrogen) atoms. The fraction of sp³-hybridized carbons (Fsp3) is 0.111. The van der Waals surface area contributed by atoms with Gasteiger partial charge in [-0.05, 0) is 17.7 Å². The molecule has 3 N–H and O–H groups in total. The van der Waals surface area contributed by atoms with Crippen LogP contribution in [0.3, 0.4) is 0 Å². The number of imidazole rings is 1.